The average Bonchev–Trinajstić information content (AvgIpc) is 3.05. The highest BCUT2D eigenvalue weighted by atomic mass is 32.2. The molecule has 1 fully saturated rings. The van der Waals surface area contributed by atoms with Crippen LogP contribution in [0.2, 0.25) is 0 Å². The maximum atomic E-state index is 12.9. The van der Waals surface area contributed by atoms with E-state index < -0.39 is 15.6 Å². The Bertz CT molecular complexity index is 962. The van der Waals surface area contributed by atoms with Crippen molar-refractivity contribution in [2.45, 2.75) is 43.0 Å². The topological polar surface area (TPSA) is 144 Å². The molecule has 1 heterocycles. The first-order chi connectivity index (χ1) is 12.3. The molecule has 26 heavy (non-hydrogen) atoms. The molecule has 0 amide bonds. The monoisotopic (exact) mass is 377 g/mol. The number of aromatic nitrogens is 1. The van der Waals surface area contributed by atoms with Crippen molar-refractivity contribution in [2.24, 2.45) is 16.5 Å². The van der Waals surface area contributed by atoms with Gasteiger partial charge in [-0.3, -0.25) is 0 Å². The summed E-state index contributed by atoms with van der Waals surface area (Å²) < 4.78 is 28.5. The van der Waals surface area contributed by atoms with Crippen LogP contribution in [-0.2, 0) is 10.0 Å². The molecule has 0 bridgehead atoms. The number of aliphatic hydroxyl groups excluding tert-OH is 1. The van der Waals surface area contributed by atoms with Crippen LogP contribution < -0.4 is 16.2 Å². The van der Waals surface area contributed by atoms with E-state index in [9.17, 15) is 13.5 Å². The molecule has 0 unspecified atom stereocenters. The third kappa shape index (κ3) is 3.50. The summed E-state index contributed by atoms with van der Waals surface area (Å²) in [6, 6.07) is 4.77. The standard InChI is InChI=1S/C17H23N5O3S/c1-11-9-20-15(21-16(18)19)14-8-12(4-5-13(11)14)26(24,25)22-17(10-23)6-2-3-7-17/h4-5,8-9,22-23H,2-3,6-7,10H2,1H3,(H4,18,19,20,21). The predicted octanol–water partition coefficient (Wildman–Crippen LogP) is 1.03. The smallest absolute Gasteiger partial charge is 0.241 e. The number of benzene rings is 1. The molecule has 0 spiro atoms. The average molecular weight is 377 g/mol. The highest BCUT2D eigenvalue weighted by molar-refractivity contribution is 7.89. The zero-order valence-corrected chi connectivity index (χ0v) is 15.4. The van der Waals surface area contributed by atoms with Crippen LogP contribution in [0.25, 0.3) is 10.8 Å². The van der Waals surface area contributed by atoms with Gasteiger partial charge in [0, 0.05) is 11.6 Å². The predicted molar refractivity (Wildman–Crippen MR) is 101 cm³/mol. The number of nitrogens with one attached hydrogen (secondary N) is 1. The summed E-state index contributed by atoms with van der Waals surface area (Å²) in [7, 11) is -3.81. The van der Waals surface area contributed by atoms with Crippen LogP contribution in [0, 0.1) is 6.92 Å². The van der Waals surface area contributed by atoms with Crippen molar-refractivity contribution in [3.63, 3.8) is 0 Å². The second-order valence-corrected chi connectivity index (χ2v) is 8.44. The van der Waals surface area contributed by atoms with Crippen molar-refractivity contribution >= 4 is 32.6 Å². The first-order valence-corrected chi connectivity index (χ1v) is 9.88. The summed E-state index contributed by atoms with van der Waals surface area (Å²) in [5.74, 6) is 0.111. The number of rotatable bonds is 5. The molecule has 1 aromatic carbocycles. The normalized spacial score (nSPS) is 16.7. The molecular formula is C17H23N5O3S. The molecule has 1 aliphatic carbocycles. The summed E-state index contributed by atoms with van der Waals surface area (Å²) in [6.07, 6.45) is 4.65. The van der Waals surface area contributed by atoms with Gasteiger partial charge in [-0.2, -0.15) is 4.99 Å². The minimum atomic E-state index is -3.81. The molecule has 2 aromatic rings. The summed E-state index contributed by atoms with van der Waals surface area (Å²) >= 11 is 0. The number of guanidine groups is 1. The molecule has 9 heteroatoms. The number of pyridine rings is 1. The Morgan fingerprint density at radius 2 is 2.00 bits per heavy atom. The van der Waals surface area contributed by atoms with E-state index in [4.69, 9.17) is 11.5 Å². The number of aryl methyl sites for hydroxylation is 1. The van der Waals surface area contributed by atoms with Crippen molar-refractivity contribution in [2.75, 3.05) is 6.61 Å². The van der Waals surface area contributed by atoms with E-state index in [2.05, 4.69) is 14.7 Å². The van der Waals surface area contributed by atoms with Crippen LogP contribution in [0.4, 0.5) is 5.82 Å². The Balaban J connectivity index is 2.09. The number of aliphatic imine (C=N–C) groups is 1. The van der Waals surface area contributed by atoms with Gasteiger partial charge in [0.2, 0.25) is 10.0 Å². The van der Waals surface area contributed by atoms with Gasteiger partial charge >= 0.3 is 0 Å². The second kappa shape index (κ2) is 6.82. The molecule has 0 aliphatic heterocycles. The highest BCUT2D eigenvalue weighted by Crippen LogP contribution is 2.32. The van der Waals surface area contributed by atoms with Crippen molar-refractivity contribution in [3.8, 4) is 0 Å². The van der Waals surface area contributed by atoms with E-state index in [0.29, 0.717) is 18.2 Å². The number of hydrogen-bond acceptors (Lipinski definition) is 5. The second-order valence-electron chi connectivity index (χ2n) is 6.76. The molecule has 0 atom stereocenters. The van der Waals surface area contributed by atoms with Crippen molar-refractivity contribution in [1.82, 2.24) is 9.71 Å². The van der Waals surface area contributed by atoms with Gasteiger partial charge in [-0.1, -0.05) is 18.9 Å². The maximum absolute atomic E-state index is 12.9. The largest absolute Gasteiger partial charge is 0.394 e. The number of aliphatic hydroxyl groups is 1. The molecular weight excluding hydrogens is 354 g/mol. The molecule has 3 rings (SSSR count). The van der Waals surface area contributed by atoms with Crippen LogP contribution in [-0.4, -0.2) is 36.6 Å². The zero-order chi connectivity index (χ0) is 18.9. The lowest BCUT2D eigenvalue weighted by Gasteiger charge is -2.27. The number of hydrogen-bond donors (Lipinski definition) is 4. The fourth-order valence-corrected chi connectivity index (χ4v) is 4.89. The molecule has 6 N–H and O–H groups in total. The van der Waals surface area contributed by atoms with E-state index in [1.54, 1.807) is 12.3 Å². The Hall–Kier alpha value is -2.23. The number of nitrogens with zero attached hydrogens (tertiary/aromatic N) is 2. The van der Waals surface area contributed by atoms with Gasteiger partial charge in [-0.05, 0) is 42.8 Å². The lowest BCUT2D eigenvalue weighted by molar-refractivity contribution is 0.185. The van der Waals surface area contributed by atoms with E-state index in [1.165, 1.54) is 12.1 Å². The highest BCUT2D eigenvalue weighted by Gasteiger charge is 2.37. The van der Waals surface area contributed by atoms with Crippen molar-refractivity contribution in [1.29, 1.82) is 0 Å². The molecule has 1 saturated carbocycles. The fraction of sp³-hybridized carbons (Fsp3) is 0.412. The quantitative estimate of drug-likeness (QED) is 0.452. The molecule has 0 saturated heterocycles. The first-order valence-electron chi connectivity index (χ1n) is 8.40. The van der Waals surface area contributed by atoms with Crippen molar-refractivity contribution in [3.05, 3.63) is 30.0 Å². The molecule has 0 radical (unpaired) electrons. The minimum absolute atomic E-state index is 0.0872. The van der Waals surface area contributed by atoms with E-state index >= 15 is 0 Å². The van der Waals surface area contributed by atoms with Crippen LogP contribution in [0.15, 0.2) is 34.3 Å². The zero-order valence-electron chi connectivity index (χ0n) is 14.6. The summed E-state index contributed by atoms with van der Waals surface area (Å²) in [5, 5.41) is 11.1. The van der Waals surface area contributed by atoms with Crippen molar-refractivity contribution < 1.29 is 13.5 Å². The van der Waals surface area contributed by atoms with Gasteiger partial charge in [0.25, 0.3) is 0 Å². The minimum Gasteiger partial charge on any atom is -0.394 e. The summed E-state index contributed by atoms with van der Waals surface area (Å²) in [4.78, 5) is 8.28. The lowest BCUT2D eigenvalue weighted by atomic mass is 10.0. The summed E-state index contributed by atoms with van der Waals surface area (Å²) in [6.45, 7) is 1.65. The van der Waals surface area contributed by atoms with E-state index in [0.717, 1.165) is 23.8 Å². The third-order valence-electron chi connectivity index (χ3n) is 4.80. The van der Waals surface area contributed by atoms with Crippen LogP contribution in [0.1, 0.15) is 31.2 Å². The van der Waals surface area contributed by atoms with Gasteiger partial charge in [0.05, 0.1) is 17.0 Å². The molecule has 1 aliphatic rings. The molecule has 8 nitrogen and oxygen atoms in total. The Morgan fingerprint density at radius 1 is 1.31 bits per heavy atom. The van der Waals surface area contributed by atoms with Gasteiger partial charge in [0.15, 0.2) is 11.8 Å². The Morgan fingerprint density at radius 3 is 2.62 bits per heavy atom. The number of fused-ring (bicyclic) bond motifs is 1. The SMILES string of the molecule is Cc1cnc(N=C(N)N)c2cc(S(=O)(=O)NC3(CO)CCCC3)ccc12. The van der Waals surface area contributed by atoms with E-state index in [-0.39, 0.29) is 23.3 Å². The first kappa shape index (κ1) is 18.6. The maximum Gasteiger partial charge on any atom is 0.241 e. The third-order valence-corrected chi connectivity index (χ3v) is 6.37. The lowest BCUT2D eigenvalue weighted by Crippen LogP contribution is -2.49. The summed E-state index contributed by atoms with van der Waals surface area (Å²) in [5.41, 5.74) is 11.0. The van der Waals surface area contributed by atoms with Crippen LogP contribution in [0.5, 0.6) is 0 Å². The molecule has 140 valence electrons. The Labute approximate surface area is 152 Å². The van der Waals surface area contributed by atoms with Gasteiger partial charge in [-0.15, -0.1) is 0 Å². The van der Waals surface area contributed by atoms with Gasteiger partial charge < -0.3 is 16.6 Å². The number of sulfonamides is 1. The van der Waals surface area contributed by atoms with Crippen LogP contribution in [0.3, 0.4) is 0 Å². The molecule has 1 aromatic heterocycles. The van der Waals surface area contributed by atoms with Gasteiger partial charge in [-0.25, -0.2) is 18.1 Å². The Kier molecular flexibility index (Phi) is 4.87. The van der Waals surface area contributed by atoms with E-state index in [1.807, 2.05) is 6.92 Å². The fourth-order valence-electron chi connectivity index (χ4n) is 3.42. The van der Waals surface area contributed by atoms with Gasteiger partial charge in [0.1, 0.15) is 0 Å². The number of nitrogens with two attached hydrogens (primary N) is 2. The van der Waals surface area contributed by atoms with Crippen LogP contribution >= 0.6 is 0 Å².